The summed E-state index contributed by atoms with van der Waals surface area (Å²) in [6.45, 7) is 1.41. The predicted octanol–water partition coefficient (Wildman–Crippen LogP) is 1.91. The number of piperidine rings is 1. The third kappa shape index (κ3) is 2.04. The van der Waals surface area contributed by atoms with Crippen molar-refractivity contribution < 1.29 is 4.39 Å². The first-order valence-corrected chi connectivity index (χ1v) is 4.95. The van der Waals surface area contributed by atoms with Crippen molar-refractivity contribution in [2.24, 2.45) is 5.73 Å². The van der Waals surface area contributed by atoms with Crippen molar-refractivity contribution in [1.29, 1.82) is 0 Å². The molecule has 2 N–H and O–H groups in total. The van der Waals surface area contributed by atoms with E-state index >= 15 is 0 Å². The number of rotatable bonds is 1. The molecule has 1 saturated heterocycles. The van der Waals surface area contributed by atoms with Crippen molar-refractivity contribution in [3.8, 4) is 0 Å². The van der Waals surface area contributed by atoms with Gasteiger partial charge in [0, 0.05) is 31.6 Å². The molecule has 0 unspecified atom stereocenters. The molecule has 1 heterocycles. The second kappa shape index (κ2) is 3.58. The number of halogens is 1. The molecule has 1 aliphatic rings. The number of alkyl halides is 1. The highest BCUT2D eigenvalue weighted by Crippen LogP contribution is 2.24. The predicted molar refractivity (Wildman–Crippen MR) is 55.9 cm³/mol. The van der Waals surface area contributed by atoms with E-state index in [1.165, 1.54) is 0 Å². The molecule has 0 spiro atoms. The fourth-order valence-electron chi connectivity index (χ4n) is 1.78. The third-order valence-electron chi connectivity index (χ3n) is 2.72. The summed E-state index contributed by atoms with van der Waals surface area (Å²) in [5, 5.41) is 0. The average Bonchev–Trinajstić information content (AvgIpc) is 2.19. The number of anilines is 1. The second-order valence-electron chi connectivity index (χ2n) is 3.86. The molecule has 0 amide bonds. The zero-order valence-corrected chi connectivity index (χ0v) is 8.12. The molecule has 0 saturated carbocycles. The highest BCUT2D eigenvalue weighted by Gasteiger charge is 2.29. The number of nitrogens with two attached hydrogens (primary N) is 1. The second-order valence-corrected chi connectivity index (χ2v) is 3.86. The standard InChI is InChI=1S/C11H15FN2/c12-11(13)6-8-14(9-7-11)10-4-2-1-3-5-10/h1-5H,6-9,13H2. The molecule has 2 rings (SSSR count). The summed E-state index contributed by atoms with van der Waals surface area (Å²) in [6.07, 6.45) is 0.837. The van der Waals surface area contributed by atoms with Gasteiger partial charge in [-0.25, -0.2) is 4.39 Å². The van der Waals surface area contributed by atoms with E-state index in [9.17, 15) is 4.39 Å². The van der Waals surface area contributed by atoms with Gasteiger partial charge in [0.1, 0.15) is 0 Å². The van der Waals surface area contributed by atoms with Crippen molar-refractivity contribution in [2.75, 3.05) is 18.0 Å². The van der Waals surface area contributed by atoms with Crippen LogP contribution in [0.15, 0.2) is 30.3 Å². The minimum absolute atomic E-state index is 0.419. The number of nitrogens with zero attached hydrogens (tertiary/aromatic N) is 1. The molecular weight excluding hydrogens is 179 g/mol. The molecule has 2 nitrogen and oxygen atoms in total. The maximum Gasteiger partial charge on any atom is 0.162 e. The lowest BCUT2D eigenvalue weighted by Crippen LogP contribution is -2.47. The molecule has 76 valence electrons. The quantitative estimate of drug-likeness (QED) is 0.692. The summed E-state index contributed by atoms with van der Waals surface area (Å²) in [5.74, 6) is -1.45. The maximum absolute atomic E-state index is 13.3. The van der Waals surface area contributed by atoms with Crippen LogP contribution in [0.3, 0.4) is 0 Å². The highest BCUT2D eigenvalue weighted by molar-refractivity contribution is 5.46. The van der Waals surface area contributed by atoms with Crippen LogP contribution in [0.2, 0.25) is 0 Å². The summed E-state index contributed by atoms with van der Waals surface area (Å²) in [5.41, 5.74) is 6.58. The van der Waals surface area contributed by atoms with Crippen molar-refractivity contribution >= 4 is 5.69 Å². The molecule has 0 radical (unpaired) electrons. The normalized spacial score (nSPS) is 20.9. The molecule has 0 aliphatic carbocycles. The number of para-hydroxylation sites is 1. The topological polar surface area (TPSA) is 29.3 Å². The largest absolute Gasteiger partial charge is 0.371 e. The monoisotopic (exact) mass is 194 g/mol. The Labute approximate surface area is 83.5 Å². The Hall–Kier alpha value is -1.09. The van der Waals surface area contributed by atoms with E-state index in [4.69, 9.17) is 5.73 Å². The molecule has 0 atom stereocenters. The summed E-state index contributed by atoms with van der Waals surface area (Å²) in [4.78, 5) is 2.17. The molecule has 1 fully saturated rings. The zero-order chi connectivity index (χ0) is 10.0. The van der Waals surface area contributed by atoms with Crippen LogP contribution in [-0.2, 0) is 0 Å². The lowest BCUT2D eigenvalue weighted by molar-refractivity contribution is 0.134. The smallest absolute Gasteiger partial charge is 0.162 e. The molecular formula is C11H15FN2. The van der Waals surface area contributed by atoms with E-state index in [1.54, 1.807) is 0 Å². The van der Waals surface area contributed by atoms with Crippen LogP contribution in [0.1, 0.15) is 12.8 Å². The molecule has 0 aromatic heterocycles. The third-order valence-corrected chi connectivity index (χ3v) is 2.72. The van der Waals surface area contributed by atoms with Gasteiger partial charge >= 0.3 is 0 Å². The van der Waals surface area contributed by atoms with Gasteiger partial charge in [-0.2, -0.15) is 0 Å². The molecule has 14 heavy (non-hydrogen) atoms. The zero-order valence-electron chi connectivity index (χ0n) is 8.12. The van der Waals surface area contributed by atoms with E-state index in [-0.39, 0.29) is 0 Å². The molecule has 1 aromatic rings. The van der Waals surface area contributed by atoms with E-state index in [0.717, 1.165) is 5.69 Å². The summed E-state index contributed by atoms with van der Waals surface area (Å²) in [6, 6.07) is 10.1. The van der Waals surface area contributed by atoms with E-state index < -0.39 is 5.79 Å². The van der Waals surface area contributed by atoms with Gasteiger partial charge in [0.2, 0.25) is 0 Å². The molecule has 3 heteroatoms. The Bertz CT molecular complexity index is 287. The lowest BCUT2D eigenvalue weighted by atomic mass is 10.0. The Morgan fingerprint density at radius 1 is 1.14 bits per heavy atom. The molecule has 1 aliphatic heterocycles. The average molecular weight is 194 g/mol. The van der Waals surface area contributed by atoms with Crippen molar-refractivity contribution in [3.05, 3.63) is 30.3 Å². The van der Waals surface area contributed by atoms with E-state index in [2.05, 4.69) is 4.90 Å². The van der Waals surface area contributed by atoms with Crippen molar-refractivity contribution in [2.45, 2.75) is 18.6 Å². The van der Waals surface area contributed by atoms with Crippen LogP contribution in [0.4, 0.5) is 10.1 Å². The van der Waals surface area contributed by atoms with Gasteiger partial charge in [-0.3, -0.25) is 5.73 Å². The van der Waals surface area contributed by atoms with Crippen LogP contribution in [0, 0.1) is 0 Å². The fraction of sp³-hybridized carbons (Fsp3) is 0.455. The Kier molecular flexibility index (Phi) is 2.42. The van der Waals surface area contributed by atoms with Crippen molar-refractivity contribution in [1.82, 2.24) is 0 Å². The van der Waals surface area contributed by atoms with Gasteiger partial charge in [-0.15, -0.1) is 0 Å². The van der Waals surface area contributed by atoms with Gasteiger partial charge in [-0.05, 0) is 12.1 Å². The van der Waals surface area contributed by atoms with Gasteiger partial charge in [0.15, 0.2) is 5.79 Å². The van der Waals surface area contributed by atoms with Crippen LogP contribution in [-0.4, -0.2) is 18.9 Å². The Morgan fingerprint density at radius 3 is 2.29 bits per heavy atom. The van der Waals surface area contributed by atoms with Crippen LogP contribution in [0.25, 0.3) is 0 Å². The summed E-state index contributed by atoms with van der Waals surface area (Å²) < 4.78 is 13.3. The van der Waals surface area contributed by atoms with E-state index in [1.807, 2.05) is 30.3 Å². The number of hydrogen-bond acceptors (Lipinski definition) is 2. The fourth-order valence-corrected chi connectivity index (χ4v) is 1.78. The van der Waals surface area contributed by atoms with Crippen LogP contribution in [0.5, 0.6) is 0 Å². The first-order chi connectivity index (χ1) is 6.67. The number of hydrogen-bond donors (Lipinski definition) is 1. The number of benzene rings is 1. The molecule has 0 bridgehead atoms. The SMILES string of the molecule is NC1(F)CCN(c2ccccc2)CC1. The van der Waals surface area contributed by atoms with Crippen molar-refractivity contribution in [3.63, 3.8) is 0 Å². The Morgan fingerprint density at radius 2 is 1.71 bits per heavy atom. The van der Waals surface area contributed by atoms with Gasteiger partial charge in [0.05, 0.1) is 0 Å². The minimum Gasteiger partial charge on any atom is -0.371 e. The first-order valence-electron chi connectivity index (χ1n) is 4.95. The summed E-state index contributed by atoms with van der Waals surface area (Å²) >= 11 is 0. The van der Waals surface area contributed by atoms with Gasteiger partial charge < -0.3 is 4.90 Å². The van der Waals surface area contributed by atoms with Gasteiger partial charge in [0.25, 0.3) is 0 Å². The molecule has 1 aromatic carbocycles. The van der Waals surface area contributed by atoms with Gasteiger partial charge in [-0.1, -0.05) is 18.2 Å². The maximum atomic E-state index is 13.3. The highest BCUT2D eigenvalue weighted by atomic mass is 19.1. The van der Waals surface area contributed by atoms with Crippen LogP contribution < -0.4 is 10.6 Å². The summed E-state index contributed by atoms with van der Waals surface area (Å²) in [7, 11) is 0. The first kappa shape index (κ1) is 9.46. The van der Waals surface area contributed by atoms with Crippen LogP contribution >= 0.6 is 0 Å². The van der Waals surface area contributed by atoms with E-state index in [0.29, 0.717) is 25.9 Å². The lowest BCUT2D eigenvalue weighted by Gasteiger charge is -2.35. The Balaban J connectivity index is 2.03. The minimum atomic E-state index is -1.45.